The summed E-state index contributed by atoms with van der Waals surface area (Å²) in [7, 11) is -3.04. The average molecular weight is 212 g/mol. The highest BCUT2D eigenvalue weighted by Gasteiger charge is 2.28. The van der Waals surface area contributed by atoms with E-state index in [4.69, 9.17) is 11.6 Å². The molecule has 0 radical (unpaired) electrons. The van der Waals surface area contributed by atoms with Crippen molar-refractivity contribution in [3.8, 4) is 0 Å². The highest BCUT2D eigenvalue weighted by Crippen LogP contribution is 2.18. The maximum Gasteiger partial charge on any atom is 0.215 e. The normalized spacial score (nSPS) is 26.3. The van der Waals surface area contributed by atoms with Gasteiger partial charge in [-0.3, -0.25) is 0 Å². The minimum atomic E-state index is -3.04. The summed E-state index contributed by atoms with van der Waals surface area (Å²) in [6.45, 7) is 3.40. The van der Waals surface area contributed by atoms with Crippen molar-refractivity contribution < 1.29 is 8.42 Å². The molecule has 1 unspecified atom stereocenters. The Bertz CT molecular complexity index is 240. The second-order valence-corrected chi connectivity index (χ2v) is 5.72. The van der Waals surface area contributed by atoms with E-state index in [1.54, 1.807) is 4.31 Å². The van der Waals surface area contributed by atoms with Crippen molar-refractivity contribution in [2.24, 2.45) is 5.92 Å². The molecule has 3 nitrogen and oxygen atoms in total. The average Bonchev–Trinajstić information content (AvgIpc) is 2.36. The highest BCUT2D eigenvalue weighted by atomic mass is 35.5. The van der Waals surface area contributed by atoms with Gasteiger partial charge in [0.15, 0.2) is 0 Å². The summed E-state index contributed by atoms with van der Waals surface area (Å²) in [5.74, 6) is 0.754. The van der Waals surface area contributed by atoms with Gasteiger partial charge in [0.2, 0.25) is 10.0 Å². The lowest BCUT2D eigenvalue weighted by atomic mass is 10.2. The molecule has 1 rings (SSSR count). The van der Waals surface area contributed by atoms with Crippen molar-refractivity contribution in [2.45, 2.75) is 13.3 Å². The van der Waals surface area contributed by atoms with Crippen molar-refractivity contribution in [1.82, 2.24) is 4.31 Å². The maximum absolute atomic E-state index is 11.4. The monoisotopic (exact) mass is 211 g/mol. The zero-order chi connectivity index (χ0) is 9.19. The Morgan fingerprint density at radius 3 is 2.67 bits per heavy atom. The van der Waals surface area contributed by atoms with E-state index in [2.05, 4.69) is 6.92 Å². The Labute approximate surface area is 78.7 Å². The first kappa shape index (κ1) is 10.3. The van der Waals surface area contributed by atoms with Crippen molar-refractivity contribution in [3.63, 3.8) is 0 Å². The van der Waals surface area contributed by atoms with Gasteiger partial charge in [-0.05, 0) is 12.3 Å². The zero-order valence-corrected chi connectivity index (χ0v) is 8.74. The van der Waals surface area contributed by atoms with Crippen LogP contribution in [-0.2, 0) is 10.0 Å². The molecular weight excluding hydrogens is 198 g/mol. The lowest BCUT2D eigenvalue weighted by Crippen LogP contribution is -2.31. The predicted molar refractivity (Wildman–Crippen MR) is 49.9 cm³/mol. The molecular formula is C7H14ClNO2S. The van der Waals surface area contributed by atoms with Crippen molar-refractivity contribution in [3.05, 3.63) is 0 Å². The molecule has 0 spiro atoms. The van der Waals surface area contributed by atoms with Crippen LogP contribution in [0, 0.1) is 5.92 Å². The van der Waals surface area contributed by atoms with Gasteiger partial charge in [-0.1, -0.05) is 6.92 Å². The minimum absolute atomic E-state index is 0.0707. The van der Waals surface area contributed by atoms with E-state index in [-0.39, 0.29) is 11.6 Å². The molecule has 1 aliphatic rings. The molecule has 1 aliphatic heterocycles. The highest BCUT2D eigenvalue weighted by molar-refractivity contribution is 7.89. The number of sulfonamides is 1. The summed E-state index contributed by atoms with van der Waals surface area (Å²) in [5.41, 5.74) is 0. The van der Waals surface area contributed by atoms with Gasteiger partial charge in [-0.25, -0.2) is 12.7 Å². The smallest absolute Gasteiger partial charge is 0.212 e. The maximum atomic E-state index is 11.4. The molecule has 1 atom stereocenters. The lowest BCUT2D eigenvalue weighted by molar-refractivity contribution is 0.466. The molecule has 12 heavy (non-hydrogen) atoms. The van der Waals surface area contributed by atoms with Gasteiger partial charge in [0.05, 0.1) is 5.75 Å². The molecule has 0 aromatic rings. The van der Waals surface area contributed by atoms with Gasteiger partial charge in [0.1, 0.15) is 0 Å². The van der Waals surface area contributed by atoms with Crippen LogP contribution in [0.3, 0.4) is 0 Å². The summed E-state index contributed by atoms with van der Waals surface area (Å²) in [5, 5.41) is 0. The van der Waals surface area contributed by atoms with Crippen molar-refractivity contribution in [1.29, 1.82) is 0 Å². The van der Waals surface area contributed by atoms with Crippen LogP contribution >= 0.6 is 11.6 Å². The van der Waals surface area contributed by atoms with Crippen LogP contribution in [0.15, 0.2) is 0 Å². The third-order valence-electron chi connectivity index (χ3n) is 2.12. The van der Waals surface area contributed by atoms with E-state index >= 15 is 0 Å². The van der Waals surface area contributed by atoms with Crippen LogP contribution in [0.4, 0.5) is 0 Å². The Morgan fingerprint density at radius 1 is 1.58 bits per heavy atom. The largest absolute Gasteiger partial charge is 0.215 e. The SMILES string of the molecule is CC1CCN(S(=O)(=O)CCCl)C1. The fourth-order valence-corrected chi connectivity index (χ4v) is 3.28. The third kappa shape index (κ3) is 2.34. The molecule has 0 aliphatic carbocycles. The molecule has 1 fully saturated rings. The van der Waals surface area contributed by atoms with Crippen LogP contribution in [0.5, 0.6) is 0 Å². The van der Waals surface area contributed by atoms with Crippen LogP contribution in [-0.4, -0.2) is 37.4 Å². The Morgan fingerprint density at radius 2 is 2.25 bits per heavy atom. The molecule has 0 bridgehead atoms. The summed E-state index contributed by atoms with van der Waals surface area (Å²) in [6, 6.07) is 0. The lowest BCUT2D eigenvalue weighted by Gasteiger charge is -2.14. The van der Waals surface area contributed by atoms with Gasteiger partial charge in [-0.2, -0.15) is 0 Å². The summed E-state index contributed by atoms with van der Waals surface area (Å²) >= 11 is 5.40. The number of hydrogen-bond acceptors (Lipinski definition) is 2. The molecule has 1 saturated heterocycles. The molecule has 5 heteroatoms. The fraction of sp³-hybridized carbons (Fsp3) is 1.00. The van der Waals surface area contributed by atoms with Gasteiger partial charge in [0.25, 0.3) is 0 Å². The Hall–Kier alpha value is 0.200. The second kappa shape index (κ2) is 3.94. The van der Waals surface area contributed by atoms with Gasteiger partial charge >= 0.3 is 0 Å². The number of alkyl halides is 1. The summed E-state index contributed by atoms with van der Waals surface area (Å²) in [6.07, 6.45) is 0.974. The van der Waals surface area contributed by atoms with Crippen LogP contribution in [0.25, 0.3) is 0 Å². The van der Waals surface area contributed by atoms with E-state index in [1.165, 1.54) is 0 Å². The van der Waals surface area contributed by atoms with Crippen LogP contribution in [0.1, 0.15) is 13.3 Å². The van der Waals surface area contributed by atoms with Gasteiger partial charge < -0.3 is 0 Å². The predicted octanol–water partition coefficient (Wildman–Crippen LogP) is 0.897. The number of hydrogen-bond donors (Lipinski definition) is 0. The molecule has 0 saturated carbocycles. The molecule has 0 aromatic carbocycles. The Kier molecular flexibility index (Phi) is 3.37. The van der Waals surface area contributed by atoms with Crippen LogP contribution < -0.4 is 0 Å². The zero-order valence-electron chi connectivity index (χ0n) is 7.16. The van der Waals surface area contributed by atoms with Gasteiger partial charge in [-0.15, -0.1) is 11.6 Å². The van der Waals surface area contributed by atoms with Crippen LogP contribution in [0.2, 0.25) is 0 Å². The molecule has 0 N–H and O–H groups in total. The number of rotatable bonds is 3. The topological polar surface area (TPSA) is 37.4 Å². The second-order valence-electron chi connectivity index (χ2n) is 3.26. The summed E-state index contributed by atoms with van der Waals surface area (Å²) < 4.78 is 24.4. The number of halogens is 1. The van der Waals surface area contributed by atoms with E-state index in [1.807, 2.05) is 0 Å². The quantitative estimate of drug-likeness (QED) is 0.651. The van der Waals surface area contributed by atoms with Crippen molar-refractivity contribution >= 4 is 21.6 Å². The van der Waals surface area contributed by atoms with E-state index in [0.717, 1.165) is 6.42 Å². The first-order chi connectivity index (χ1) is 5.56. The fourth-order valence-electron chi connectivity index (χ4n) is 1.37. The first-order valence-corrected chi connectivity index (χ1v) is 6.24. The third-order valence-corrected chi connectivity index (χ3v) is 4.37. The first-order valence-electron chi connectivity index (χ1n) is 4.10. The van der Waals surface area contributed by atoms with E-state index < -0.39 is 10.0 Å². The standard InChI is InChI=1S/C7H14ClNO2S/c1-7-2-4-9(6-7)12(10,11)5-3-8/h7H,2-6H2,1H3. The summed E-state index contributed by atoms with van der Waals surface area (Å²) in [4.78, 5) is 0. The van der Waals surface area contributed by atoms with E-state index in [9.17, 15) is 8.42 Å². The van der Waals surface area contributed by atoms with Crippen molar-refractivity contribution in [2.75, 3.05) is 24.7 Å². The Balaban J connectivity index is 2.58. The number of nitrogens with zero attached hydrogens (tertiary/aromatic N) is 1. The minimum Gasteiger partial charge on any atom is -0.212 e. The molecule has 1 heterocycles. The van der Waals surface area contributed by atoms with Gasteiger partial charge in [0, 0.05) is 19.0 Å². The molecule has 0 amide bonds. The van der Waals surface area contributed by atoms with E-state index in [0.29, 0.717) is 19.0 Å². The molecule has 72 valence electrons. The molecule has 0 aromatic heterocycles.